The number of nitrogens with zero attached hydrogens (tertiary/aromatic N) is 1. The van der Waals surface area contributed by atoms with E-state index in [9.17, 15) is 4.79 Å². The fourth-order valence-corrected chi connectivity index (χ4v) is 2.44. The third-order valence-electron chi connectivity index (χ3n) is 3.55. The second-order valence-electron chi connectivity index (χ2n) is 5.22. The van der Waals surface area contributed by atoms with Crippen molar-refractivity contribution >= 4 is 5.91 Å². The van der Waals surface area contributed by atoms with Crippen LogP contribution in [-0.4, -0.2) is 15.8 Å². The average molecular weight is 290 g/mol. The monoisotopic (exact) mass is 290 g/mol. The number of nitrogens with one attached hydrogen (secondary N) is 1. The summed E-state index contributed by atoms with van der Waals surface area (Å²) in [6.45, 7) is 1.18. The predicted octanol–water partition coefficient (Wildman–Crippen LogP) is 3.86. The zero-order valence-electron chi connectivity index (χ0n) is 12.3. The largest absolute Gasteiger partial charge is 0.357 e. The third-order valence-corrected chi connectivity index (χ3v) is 3.55. The Kier molecular flexibility index (Phi) is 4.35. The zero-order valence-corrected chi connectivity index (χ0v) is 12.3. The minimum absolute atomic E-state index is 0.0118. The third kappa shape index (κ3) is 3.44. The summed E-state index contributed by atoms with van der Waals surface area (Å²) < 4.78 is 0. The lowest BCUT2D eigenvalue weighted by Crippen LogP contribution is -2.30. The lowest BCUT2D eigenvalue weighted by Gasteiger charge is -2.22. The van der Waals surface area contributed by atoms with E-state index < -0.39 is 0 Å². The van der Waals surface area contributed by atoms with Gasteiger partial charge in [-0.1, -0.05) is 60.7 Å². The second-order valence-corrected chi connectivity index (χ2v) is 5.22. The molecule has 0 bridgehead atoms. The van der Waals surface area contributed by atoms with Crippen molar-refractivity contribution in [1.29, 1.82) is 0 Å². The maximum atomic E-state index is 12.7. The quantitative estimate of drug-likeness (QED) is 0.761. The number of amides is 1. The van der Waals surface area contributed by atoms with Crippen LogP contribution in [0.5, 0.6) is 0 Å². The van der Waals surface area contributed by atoms with E-state index in [2.05, 4.69) is 4.98 Å². The van der Waals surface area contributed by atoms with E-state index >= 15 is 0 Å². The van der Waals surface area contributed by atoms with E-state index in [1.54, 1.807) is 6.20 Å². The molecule has 0 fully saturated rings. The summed E-state index contributed by atoms with van der Waals surface area (Å²) in [6.07, 6.45) is 1.77. The van der Waals surface area contributed by atoms with Gasteiger partial charge in [0, 0.05) is 19.3 Å². The molecule has 0 spiro atoms. The van der Waals surface area contributed by atoms with Gasteiger partial charge in [-0.25, -0.2) is 0 Å². The molecule has 110 valence electrons. The number of aromatic amines is 1. The van der Waals surface area contributed by atoms with Gasteiger partial charge in [-0.2, -0.15) is 0 Å². The first kappa shape index (κ1) is 14.1. The molecule has 0 unspecified atom stereocenters. The van der Waals surface area contributed by atoms with Gasteiger partial charge in [0.15, 0.2) is 0 Å². The SMILES string of the molecule is O=C(c1ccc[nH]1)N(Cc1ccccc1)Cc1ccccc1. The lowest BCUT2D eigenvalue weighted by molar-refractivity contribution is 0.0725. The van der Waals surface area contributed by atoms with E-state index in [1.165, 1.54) is 0 Å². The van der Waals surface area contributed by atoms with Gasteiger partial charge in [0.05, 0.1) is 0 Å². The number of rotatable bonds is 5. The summed E-state index contributed by atoms with van der Waals surface area (Å²) >= 11 is 0. The Balaban J connectivity index is 1.83. The molecule has 0 aliphatic heterocycles. The lowest BCUT2D eigenvalue weighted by atomic mass is 10.1. The number of carbonyl (C=O) groups excluding carboxylic acids is 1. The molecule has 3 heteroatoms. The van der Waals surface area contributed by atoms with Crippen molar-refractivity contribution in [3.63, 3.8) is 0 Å². The number of aromatic nitrogens is 1. The van der Waals surface area contributed by atoms with E-state index in [1.807, 2.05) is 77.7 Å². The van der Waals surface area contributed by atoms with Crippen LogP contribution >= 0.6 is 0 Å². The van der Waals surface area contributed by atoms with E-state index in [4.69, 9.17) is 0 Å². The smallest absolute Gasteiger partial charge is 0.270 e. The van der Waals surface area contributed by atoms with Crippen LogP contribution in [0.4, 0.5) is 0 Å². The van der Waals surface area contributed by atoms with Crippen LogP contribution in [0.3, 0.4) is 0 Å². The summed E-state index contributed by atoms with van der Waals surface area (Å²) in [6, 6.07) is 23.8. The first-order chi connectivity index (χ1) is 10.8. The van der Waals surface area contributed by atoms with Gasteiger partial charge in [-0.3, -0.25) is 4.79 Å². The number of hydrogen-bond donors (Lipinski definition) is 1. The van der Waals surface area contributed by atoms with E-state index in [-0.39, 0.29) is 5.91 Å². The Bertz CT molecular complexity index is 664. The number of benzene rings is 2. The van der Waals surface area contributed by atoms with Crippen LogP contribution in [0, 0.1) is 0 Å². The Hall–Kier alpha value is -2.81. The number of hydrogen-bond acceptors (Lipinski definition) is 1. The molecule has 3 aromatic rings. The van der Waals surface area contributed by atoms with E-state index in [0.29, 0.717) is 18.8 Å². The van der Waals surface area contributed by atoms with Crippen LogP contribution in [0.25, 0.3) is 0 Å². The molecule has 1 aromatic heterocycles. The highest BCUT2D eigenvalue weighted by molar-refractivity contribution is 5.92. The van der Waals surface area contributed by atoms with Crippen LogP contribution < -0.4 is 0 Å². The molecule has 0 saturated carbocycles. The Morgan fingerprint density at radius 2 is 1.32 bits per heavy atom. The molecule has 2 aromatic carbocycles. The minimum atomic E-state index is 0.0118. The number of carbonyl (C=O) groups is 1. The van der Waals surface area contributed by atoms with Gasteiger partial charge >= 0.3 is 0 Å². The van der Waals surface area contributed by atoms with Gasteiger partial charge in [-0.15, -0.1) is 0 Å². The Labute approximate surface area is 130 Å². The summed E-state index contributed by atoms with van der Waals surface area (Å²) in [7, 11) is 0. The summed E-state index contributed by atoms with van der Waals surface area (Å²) in [4.78, 5) is 17.6. The molecule has 0 aliphatic rings. The summed E-state index contributed by atoms with van der Waals surface area (Å²) in [5, 5.41) is 0. The highest BCUT2D eigenvalue weighted by Crippen LogP contribution is 2.13. The van der Waals surface area contributed by atoms with Gasteiger partial charge in [0.2, 0.25) is 0 Å². The van der Waals surface area contributed by atoms with Gasteiger partial charge < -0.3 is 9.88 Å². The van der Waals surface area contributed by atoms with Crippen molar-refractivity contribution in [2.75, 3.05) is 0 Å². The molecule has 3 nitrogen and oxygen atoms in total. The Morgan fingerprint density at radius 3 is 1.77 bits per heavy atom. The van der Waals surface area contributed by atoms with Crippen molar-refractivity contribution in [3.05, 3.63) is 95.8 Å². The van der Waals surface area contributed by atoms with Crippen LogP contribution in [-0.2, 0) is 13.1 Å². The van der Waals surface area contributed by atoms with Crippen LogP contribution in [0.15, 0.2) is 79.0 Å². The molecule has 0 saturated heterocycles. The predicted molar refractivity (Wildman–Crippen MR) is 87.3 cm³/mol. The first-order valence-corrected chi connectivity index (χ1v) is 7.33. The van der Waals surface area contributed by atoms with Crippen LogP contribution in [0.2, 0.25) is 0 Å². The molecule has 1 N–H and O–H groups in total. The fourth-order valence-electron chi connectivity index (χ4n) is 2.44. The molecule has 0 radical (unpaired) electrons. The molecule has 1 heterocycles. The molecule has 0 aliphatic carbocycles. The fraction of sp³-hybridized carbons (Fsp3) is 0.105. The van der Waals surface area contributed by atoms with Crippen molar-refractivity contribution in [2.45, 2.75) is 13.1 Å². The minimum Gasteiger partial charge on any atom is -0.357 e. The highest BCUT2D eigenvalue weighted by atomic mass is 16.2. The number of H-pyrrole nitrogens is 1. The van der Waals surface area contributed by atoms with Crippen molar-refractivity contribution in [1.82, 2.24) is 9.88 Å². The van der Waals surface area contributed by atoms with Gasteiger partial charge in [-0.05, 0) is 23.3 Å². The maximum Gasteiger partial charge on any atom is 0.270 e. The normalized spacial score (nSPS) is 10.4. The van der Waals surface area contributed by atoms with Crippen molar-refractivity contribution in [3.8, 4) is 0 Å². The van der Waals surface area contributed by atoms with E-state index in [0.717, 1.165) is 11.1 Å². The maximum absolute atomic E-state index is 12.7. The molecular formula is C19H18N2O. The summed E-state index contributed by atoms with van der Waals surface area (Å²) in [5.41, 5.74) is 2.86. The molecule has 1 amide bonds. The zero-order chi connectivity index (χ0) is 15.2. The van der Waals surface area contributed by atoms with Gasteiger partial charge in [0.25, 0.3) is 5.91 Å². The summed E-state index contributed by atoms with van der Waals surface area (Å²) in [5.74, 6) is 0.0118. The average Bonchev–Trinajstić information content (AvgIpc) is 3.10. The molecular weight excluding hydrogens is 272 g/mol. The molecule has 3 rings (SSSR count). The van der Waals surface area contributed by atoms with Crippen molar-refractivity contribution in [2.24, 2.45) is 0 Å². The van der Waals surface area contributed by atoms with Crippen LogP contribution in [0.1, 0.15) is 21.6 Å². The molecule has 22 heavy (non-hydrogen) atoms. The second kappa shape index (κ2) is 6.76. The first-order valence-electron chi connectivity index (χ1n) is 7.33. The topological polar surface area (TPSA) is 36.1 Å². The van der Waals surface area contributed by atoms with Crippen molar-refractivity contribution < 1.29 is 4.79 Å². The Morgan fingerprint density at radius 1 is 0.773 bits per heavy atom. The standard InChI is InChI=1S/C19H18N2O/c22-19(18-12-7-13-20-18)21(14-16-8-3-1-4-9-16)15-17-10-5-2-6-11-17/h1-13,20H,14-15H2. The highest BCUT2D eigenvalue weighted by Gasteiger charge is 2.17. The van der Waals surface area contributed by atoms with Gasteiger partial charge in [0.1, 0.15) is 5.69 Å². The molecule has 0 atom stereocenters.